The van der Waals surface area contributed by atoms with Crippen LogP contribution in [0.5, 0.6) is 5.75 Å². The number of benzene rings is 3. The van der Waals surface area contributed by atoms with Crippen molar-refractivity contribution in [1.82, 2.24) is 21.3 Å². The molecule has 0 unspecified atom stereocenters. The first kappa shape index (κ1) is 27.9. The normalized spacial score (nSPS) is 14.3. The Morgan fingerprint density at radius 2 is 1.64 bits per heavy atom. The molecule has 0 atom stereocenters. The predicted octanol–water partition coefficient (Wildman–Crippen LogP) is 3.12. The van der Waals surface area contributed by atoms with Crippen molar-refractivity contribution in [2.45, 2.75) is 31.2 Å². The lowest BCUT2D eigenvalue weighted by atomic mass is 9.86. The average molecular weight is 529 g/mol. The number of nitrogens with one attached hydrogen (secondary N) is 4. The highest BCUT2D eigenvalue weighted by atomic mass is 16.5. The second kappa shape index (κ2) is 13.6. The molecule has 1 heterocycles. The second-order valence-corrected chi connectivity index (χ2v) is 9.66. The summed E-state index contributed by atoms with van der Waals surface area (Å²) in [7, 11) is 0. The van der Waals surface area contributed by atoms with Crippen molar-refractivity contribution in [3.8, 4) is 5.75 Å². The number of hydrogen-bond donors (Lipinski definition) is 4. The number of piperidine rings is 1. The van der Waals surface area contributed by atoms with E-state index in [1.165, 1.54) is 0 Å². The minimum atomic E-state index is -1.02. The number of hydrogen-bond acceptors (Lipinski definition) is 5. The molecule has 204 valence electrons. The van der Waals surface area contributed by atoms with Crippen LogP contribution in [0.25, 0.3) is 10.8 Å². The molecule has 3 amide bonds. The van der Waals surface area contributed by atoms with Crippen molar-refractivity contribution in [2.75, 3.05) is 32.8 Å². The second-order valence-electron chi connectivity index (χ2n) is 9.66. The third-order valence-corrected chi connectivity index (χ3v) is 6.92. The molecule has 8 nitrogen and oxygen atoms in total. The first-order chi connectivity index (χ1) is 19.0. The Bertz CT molecular complexity index is 1290. The zero-order valence-corrected chi connectivity index (χ0v) is 22.1. The number of carbonyl (C=O) groups is 3. The molecule has 3 aromatic rings. The summed E-state index contributed by atoms with van der Waals surface area (Å²) in [6.45, 7) is 5.99. The first-order valence-corrected chi connectivity index (χ1v) is 13.4. The Kier molecular flexibility index (Phi) is 9.69. The molecule has 0 spiro atoms. The van der Waals surface area contributed by atoms with Gasteiger partial charge >= 0.3 is 0 Å². The van der Waals surface area contributed by atoms with Gasteiger partial charge in [-0.2, -0.15) is 0 Å². The van der Waals surface area contributed by atoms with Crippen LogP contribution in [0.2, 0.25) is 0 Å². The van der Waals surface area contributed by atoms with E-state index in [0.717, 1.165) is 22.8 Å². The number of carbonyl (C=O) groups excluding carboxylic acids is 3. The van der Waals surface area contributed by atoms with Crippen molar-refractivity contribution in [2.24, 2.45) is 0 Å². The van der Waals surface area contributed by atoms with Crippen molar-refractivity contribution in [3.63, 3.8) is 0 Å². The molecular formula is C31H36N4O4. The summed E-state index contributed by atoms with van der Waals surface area (Å²) in [4.78, 5) is 38.9. The van der Waals surface area contributed by atoms with Gasteiger partial charge in [0.15, 0.2) is 0 Å². The lowest BCUT2D eigenvalue weighted by molar-refractivity contribution is -0.128. The van der Waals surface area contributed by atoms with Gasteiger partial charge in [0.25, 0.3) is 5.91 Å². The van der Waals surface area contributed by atoms with Gasteiger partial charge in [0.1, 0.15) is 11.3 Å². The van der Waals surface area contributed by atoms with Crippen molar-refractivity contribution >= 4 is 28.5 Å². The Morgan fingerprint density at radius 1 is 0.923 bits per heavy atom. The predicted molar refractivity (Wildman–Crippen MR) is 153 cm³/mol. The van der Waals surface area contributed by atoms with Gasteiger partial charge in [-0.15, -0.1) is 6.58 Å². The quantitative estimate of drug-likeness (QED) is 0.213. The molecule has 1 fully saturated rings. The van der Waals surface area contributed by atoms with Gasteiger partial charge in [-0.3, -0.25) is 14.4 Å². The Labute approximate surface area is 229 Å². The molecule has 0 saturated carbocycles. The molecule has 1 aliphatic rings. The molecule has 0 aliphatic carbocycles. The number of fused-ring (bicyclic) bond motifs is 1. The summed E-state index contributed by atoms with van der Waals surface area (Å²) in [6.07, 6.45) is 3.73. The highest BCUT2D eigenvalue weighted by Crippen LogP contribution is 2.21. The highest BCUT2D eigenvalue weighted by Gasteiger charge is 2.40. The minimum Gasteiger partial charge on any atom is -0.493 e. The molecule has 0 bridgehead atoms. The first-order valence-electron chi connectivity index (χ1n) is 13.4. The number of rotatable bonds is 12. The van der Waals surface area contributed by atoms with Gasteiger partial charge in [-0.25, -0.2) is 0 Å². The van der Waals surface area contributed by atoms with Crippen LogP contribution in [-0.4, -0.2) is 56.0 Å². The molecule has 4 N–H and O–H groups in total. The van der Waals surface area contributed by atoms with Crippen LogP contribution < -0.4 is 26.0 Å². The lowest BCUT2D eigenvalue weighted by Gasteiger charge is -2.37. The van der Waals surface area contributed by atoms with E-state index in [1.807, 2.05) is 42.5 Å². The standard InChI is InChI=1S/C31H36N4O4/c1-2-3-21-39-26-13-11-24(12-14-26)29(37)35-31(15-17-32-18-16-31)30(38)34-20-19-33-28(36)22-25-9-6-8-23-7-4-5-10-27(23)25/h2,4-14,32H,1,3,15-22H2,(H,33,36)(H,34,38)(H,35,37). The molecule has 0 radical (unpaired) electrons. The Morgan fingerprint density at radius 3 is 2.41 bits per heavy atom. The molecule has 8 heteroatoms. The maximum Gasteiger partial charge on any atom is 0.252 e. The van der Waals surface area contributed by atoms with E-state index >= 15 is 0 Å². The van der Waals surface area contributed by atoms with Gasteiger partial charge in [0.05, 0.1) is 13.0 Å². The van der Waals surface area contributed by atoms with Crippen LogP contribution in [0.4, 0.5) is 0 Å². The van der Waals surface area contributed by atoms with E-state index in [0.29, 0.717) is 50.4 Å². The largest absolute Gasteiger partial charge is 0.493 e. The maximum atomic E-state index is 13.3. The van der Waals surface area contributed by atoms with Crippen LogP contribution in [0, 0.1) is 0 Å². The molecule has 0 aromatic heterocycles. The van der Waals surface area contributed by atoms with E-state index in [2.05, 4.69) is 27.8 Å². The monoisotopic (exact) mass is 528 g/mol. The Hall–Kier alpha value is -4.17. The van der Waals surface area contributed by atoms with Gasteiger partial charge in [0.2, 0.25) is 11.8 Å². The summed E-state index contributed by atoms with van der Waals surface area (Å²) in [5, 5.41) is 14.2. The topological polar surface area (TPSA) is 109 Å². The molecule has 3 aromatic carbocycles. The van der Waals surface area contributed by atoms with Crippen LogP contribution >= 0.6 is 0 Å². The SMILES string of the molecule is C=CCCOc1ccc(C(=O)NC2(C(=O)NCCNC(=O)Cc3cccc4ccccc34)CCNCC2)cc1. The smallest absolute Gasteiger partial charge is 0.252 e. The fourth-order valence-electron chi connectivity index (χ4n) is 4.74. The number of amides is 3. The molecule has 1 aliphatic heterocycles. The summed E-state index contributed by atoms with van der Waals surface area (Å²) in [5.41, 5.74) is 0.397. The van der Waals surface area contributed by atoms with Crippen molar-refractivity contribution < 1.29 is 19.1 Å². The Balaban J connectivity index is 1.28. The number of ether oxygens (including phenoxy) is 1. The summed E-state index contributed by atoms with van der Waals surface area (Å²) >= 11 is 0. The average Bonchev–Trinajstić information content (AvgIpc) is 2.96. The fraction of sp³-hybridized carbons (Fsp3) is 0.323. The van der Waals surface area contributed by atoms with Crippen molar-refractivity contribution in [3.05, 3.63) is 90.5 Å². The van der Waals surface area contributed by atoms with Crippen LogP contribution in [0.3, 0.4) is 0 Å². The van der Waals surface area contributed by atoms with Gasteiger partial charge in [0, 0.05) is 18.7 Å². The van der Waals surface area contributed by atoms with E-state index in [-0.39, 0.29) is 30.7 Å². The van der Waals surface area contributed by atoms with Crippen molar-refractivity contribution in [1.29, 1.82) is 0 Å². The fourth-order valence-corrected chi connectivity index (χ4v) is 4.74. The van der Waals surface area contributed by atoms with E-state index in [9.17, 15) is 14.4 Å². The van der Waals surface area contributed by atoms with Gasteiger partial charge in [-0.1, -0.05) is 48.5 Å². The molecular weight excluding hydrogens is 492 g/mol. The van der Waals surface area contributed by atoms with Crippen LogP contribution in [0.1, 0.15) is 35.2 Å². The molecule has 4 rings (SSSR count). The molecule has 1 saturated heterocycles. The molecule has 39 heavy (non-hydrogen) atoms. The zero-order valence-electron chi connectivity index (χ0n) is 22.1. The van der Waals surface area contributed by atoms with Gasteiger partial charge < -0.3 is 26.0 Å². The highest BCUT2D eigenvalue weighted by molar-refractivity contribution is 5.99. The van der Waals surface area contributed by atoms with E-state index in [4.69, 9.17) is 4.74 Å². The van der Waals surface area contributed by atoms with Crippen LogP contribution in [0.15, 0.2) is 79.4 Å². The summed E-state index contributed by atoms with van der Waals surface area (Å²) in [6, 6.07) is 20.8. The zero-order chi connectivity index (χ0) is 27.5. The lowest BCUT2D eigenvalue weighted by Crippen LogP contribution is -2.63. The third kappa shape index (κ3) is 7.45. The third-order valence-electron chi connectivity index (χ3n) is 6.92. The summed E-state index contributed by atoms with van der Waals surface area (Å²) in [5.74, 6) is 0.00531. The van der Waals surface area contributed by atoms with Crippen LogP contribution in [-0.2, 0) is 16.0 Å². The maximum absolute atomic E-state index is 13.3. The van der Waals surface area contributed by atoms with Gasteiger partial charge in [-0.05, 0) is 73.0 Å². The van der Waals surface area contributed by atoms with E-state index in [1.54, 1.807) is 30.3 Å². The summed E-state index contributed by atoms with van der Waals surface area (Å²) < 4.78 is 5.61. The minimum absolute atomic E-state index is 0.109. The van der Waals surface area contributed by atoms with E-state index < -0.39 is 5.54 Å².